The molecule has 1 N–H and O–H groups in total. The number of anilines is 1. The van der Waals surface area contributed by atoms with Crippen molar-refractivity contribution in [2.45, 2.75) is 40.0 Å². The number of fused-ring (bicyclic) bond motifs is 2. The van der Waals surface area contributed by atoms with E-state index in [-0.39, 0.29) is 17.9 Å². The molecule has 0 saturated heterocycles. The molecule has 2 aliphatic rings. The molecule has 2 bridgehead atoms. The molecule has 0 heterocycles. The Labute approximate surface area is 221 Å². The van der Waals surface area contributed by atoms with E-state index >= 15 is 0 Å². The summed E-state index contributed by atoms with van der Waals surface area (Å²) >= 11 is 12.1. The first kappa shape index (κ1) is 26.5. The minimum Gasteiger partial charge on any atom is -0.325 e. The molecule has 0 aromatic heterocycles. The zero-order valence-electron chi connectivity index (χ0n) is 20.0. The number of nitrogens with zero attached hydrogens (tertiary/aromatic N) is 3. The number of carbonyl (C=O) groups is 2. The van der Waals surface area contributed by atoms with Crippen LogP contribution in [0.15, 0.2) is 41.6 Å². The van der Waals surface area contributed by atoms with Gasteiger partial charge < -0.3 is 10.2 Å². The van der Waals surface area contributed by atoms with Crippen LogP contribution in [-0.4, -0.2) is 27.4 Å². The van der Waals surface area contributed by atoms with Crippen LogP contribution in [0.2, 0.25) is 10.0 Å². The number of nitrogens with one attached hydrogen (secondary N) is 1. The van der Waals surface area contributed by atoms with E-state index in [0.29, 0.717) is 34.3 Å². The van der Waals surface area contributed by atoms with Gasteiger partial charge in [0.25, 0.3) is 11.4 Å². The van der Waals surface area contributed by atoms with E-state index < -0.39 is 43.4 Å². The number of hydrogen-bond acceptors (Lipinski definition) is 8. The SMILES string of the molecule is CC12CCC(C(=O)Nc3cc(Cl)cc(Cl)c3)(CC1=NOC(=O)c1cc([N+](=O)[O-])cc([N+](=O)[O-])c1)C2(C)C. The fourth-order valence-corrected chi connectivity index (χ4v) is 6.00. The third-order valence-electron chi connectivity index (χ3n) is 8.09. The Balaban J connectivity index is 1.61. The quantitative estimate of drug-likeness (QED) is 0.256. The second kappa shape index (κ2) is 9.07. The van der Waals surface area contributed by atoms with E-state index in [4.69, 9.17) is 28.0 Å². The molecule has 2 aromatic rings. The summed E-state index contributed by atoms with van der Waals surface area (Å²) in [7, 11) is 0. The van der Waals surface area contributed by atoms with Gasteiger partial charge >= 0.3 is 5.97 Å². The van der Waals surface area contributed by atoms with Gasteiger partial charge in [-0.1, -0.05) is 49.1 Å². The Kier molecular flexibility index (Phi) is 6.49. The molecule has 2 atom stereocenters. The molecule has 1 amide bonds. The summed E-state index contributed by atoms with van der Waals surface area (Å²) in [5.74, 6) is -1.33. The molecule has 37 heavy (non-hydrogen) atoms. The third-order valence-corrected chi connectivity index (χ3v) is 8.52. The minimum atomic E-state index is -1.09. The average Bonchev–Trinajstić information content (AvgIpc) is 3.12. The lowest BCUT2D eigenvalue weighted by molar-refractivity contribution is -0.394. The van der Waals surface area contributed by atoms with Gasteiger partial charge in [-0.2, -0.15) is 0 Å². The lowest BCUT2D eigenvalue weighted by Gasteiger charge is -2.39. The lowest BCUT2D eigenvalue weighted by Crippen LogP contribution is -2.43. The molecule has 2 saturated carbocycles. The molecule has 0 aliphatic heterocycles. The van der Waals surface area contributed by atoms with Gasteiger partial charge in [0.15, 0.2) is 0 Å². The molecule has 2 fully saturated rings. The van der Waals surface area contributed by atoms with Crippen molar-refractivity contribution in [2.24, 2.45) is 21.4 Å². The van der Waals surface area contributed by atoms with Crippen LogP contribution < -0.4 is 5.32 Å². The van der Waals surface area contributed by atoms with Gasteiger partial charge in [-0.15, -0.1) is 0 Å². The molecule has 194 valence electrons. The smallest absolute Gasteiger partial charge is 0.325 e. The zero-order valence-corrected chi connectivity index (χ0v) is 21.6. The van der Waals surface area contributed by atoms with Crippen LogP contribution in [0.5, 0.6) is 0 Å². The van der Waals surface area contributed by atoms with Crippen molar-refractivity contribution in [2.75, 3.05) is 5.32 Å². The molecule has 13 heteroatoms. The number of nitro benzene ring substituents is 2. The number of hydrogen-bond donors (Lipinski definition) is 1. The Bertz CT molecular complexity index is 1340. The second-order valence-electron chi connectivity index (χ2n) is 10.00. The maximum atomic E-state index is 13.6. The van der Waals surface area contributed by atoms with Gasteiger partial charge in [0.1, 0.15) is 0 Å². The average molecular weight is 549 g/mol. The van der Waals surface area contributed by atoms with Crippen molar-refractivity contribution < 1.29 is 24.3 Å². The lowest BCUT2D eigenvalue weighted by atomic mass is 9.64. The van der Waals surface area contributed by atoms with Crippen LogP contribution in [0.1, 0.15) is 50.4 Å². The highest BCUT2D eigenvalue weighted by Crippen LogP contribution is 2.71. The fourth-order valence-electron chi connectivity index (χ4n) is 5.47. The predicted molar refractivity (Wildman–Crippen MR) is 136 cm³/mol. The van der Waals surface area contributed by atoms with Gasteiger partial charge in [-0.3, -0.25) is 25.0 Å². The summed E-state index contributed by atoms with van der Waals surface area (Å²) in [5.41, 5.74) is -2.75. The predicted octanol–water partition coefficient (Wildman–Crippen LogP) is 6.18. The normalized spacial score (nSPS) is 24.6. The van der Waals surface area contributed by atoms with Crippen molar-refractivity contribution in [3.05, 3.63) is 72.2 Å². The van der Waals surface area contributed by atoms with Gasteiger partial charge in [0, 0.05) is 39.7 Å². The summed E-state index contributed by atoms with van der Waals surface area (Å²) in [5, 5.41) is 30.0. The number of carbonyl (C=O) groups excluding carboxylic acids is 2. The van der Waals surface area contributed by atoms with Crippen molar-refractivity contribution in [3.63, 3.8) is 0 Å². The monoisotopic (exact) mass is 548 g/mol. The molecule has 2 aromatic carbocycles. The molecule has 2 aliphatic carbocycles. The number of rotatable bonds is 6. The van der Waals surface area contributed by atoms with E-state index in [1.807, 2.05) is 20.8 Å². The number of oxime groups is 1. The Morgan fingerprint density at radius 2 is 1.51 bits per heavy atom. The minimum absolute atomic E-state index is 0.207. The van der Waals surface area contributed by atoms with Crippen LogP contribution in [0.3, 0.4) is 0 Å². The van der Waals surface area contributed by atoms with E-state index in [9.17, 15) is 29.8 Å². The van der Waals surface area contributed by atoms with Crippen LogP contribution in [-0.2, 0) is 9.63 Å². The summed E-state index contributed by atoms with van der Waals surface area (Å²) in [4.78, 5) is 51.9. The Morgan fingerprint density at radius 3 is 2.05 bits per heavy atom. The van der Waals surface area contributed by atoms with Gasteiger partial charge in [-0.05, 0) is 36.5 Å². The second-order valence-corrected chi connectivity index (χ2v) is 10.9. The molecule has 2 unspecified atom stereocenters. The number of nitro groups is 2. The Hall–Kier alpha value is -3.57. The summed E-state index contributed by atoms with van der Waals surface area (Å²) < 4.78 is 0. The van der Waals surface area contributed by atoms with Crippen molar-refractivity contribution in [1.29, 1.82) is 0 Å². The molecule has 4 rings (SSSR count). The first-order valence-corrected chi connectivity index (χ1v) is 12.0. The highest BCUT2D eigenvalue weighted by molar-refractivity contribution is 6.35. The fraction of sp³-hybridized carbons (Fsp3) is 0.375. The first-order chi connectivity index (χ1) is 17.2. The van der Waals surface area contributed by atoms with Crippen LogP contribution >= 0.6 is 23.2 Å². The van der Waals surface area contributed by atoms with Crippen LogP contribution in [0.4, 0.5) is 17.1 Å². The largest absolute Gasteiger partial charge is 0.366 e. The molecular formula is C24H22Cl2N4O7. The molecule has 11 nitrogen and oxygen atoms in total. The van der Waals surface area contributed by atoms with Crippen LogP contribution in [0.25, 0.3) is 0 Å². The summed E-state index contributed by atoms with van der Waals surface area (Å²) in [6.45, 7) is 5.85. The first-order valence-electron chi connectivity index (χ1n) is 11.2. The third kappa shape index (κ3) is 4.31. The van der Waals surface area contributed by atoms with Crippen molar-refractivity contribution >= 4 is 57.9 Å². The number of halogens is 2. The van der Waals surface area contributed by atoms with Crippen molar-refractivity contribution in [1.82, 2.24) is 0 Å². The topological polar surface area (TPSA) is 154 Å². The van der Waals surface area contributed by atoms with E-state index in [2.05, 4.69) is 10.5 Å². The molecular weight excluding hydrogens is 527 g/mol. The van der Waals surface area contributed by atoms with Gasteiger partial charge in [-0.25, -0.2) is 4.79 Å². The van der Waals surface area contributed by atoms with Crippen molar-refractivity contribution in [3.8, 4) is 0 Å². The van der Waals surface area contributed by atoms with Gasteiger partial charge in [0.05, 0.1) is 32.6 Å². The molecule has 0 spiro atoms. The summed E-state index contributed by atoms with van der Waals surface area (Å²) in [6, 6.07) is 7.25. The summed E-state index contributed by atoms with van der Waals surface area (Å²) in [6.07, 6.45) is 1.38. The highest BCUT2D eigenvalue weighted by Gasteiger charge is 2.71. The van der Waals surface area contributed by atoms with Gasteiger partial charge in [0.2, 0.25) is 5.91 Å². The van der Waals surface area contributed by atoms with Crippen LogP contribution in [0, 0.1) is 36.5 Å². The number of non-ortho nitro benzene ring substituents is 2. The highest BCUT2D eigenvalue weighted by atomic mass is 35.5. The maximum absolute atomic E-state index is 13.6. The number of benzene rings is 2. The number of amides is 1. The van der Waals surface area contributed by atoms with E-state index in [1.54, 1.807) is 18.2 Å². The Morgan fingerprint density at radius 1 is 0.946 bits per heavy atom. The maximum Gasteiger partial charge on any atom is 0.366 e. The zero-order chi connectivity index (χ0) is 27.3. The van der Waals surface area contributed by atoms with E-state index in [0.717, 1.165) is 18.2 Å². The standard InChI is InChI=1S/C24H22Cl2N4O7/c1-22(2)23(3)4-5-24(22,21(32)27-16-9-14(25)8-15(26)10-16)12-19(23)28-37-20(31)13-6-17(29(33)34)11-18(7-13)30(35)36/h6-11H,4-5,12H2,1-3H3,(H,27,32). The van der Waals surface area contributed by atoms with E-state index in [1.165, 1.54) is 0 Å². The molecule has 0 radical (unpaired) electrons.